The lowest BCUT2D eigenvalue weighted by molar-refractivity contribution is 0.236. The summed E-state index contributed by atoms with van der Waals surface area (Å²) in [5.74, 6) is 0.550. The van der Waals surface area contributed by atoms with Crippen LogP contribution >= 0.6 is 0 Å². The number of hydrogen-bond donors (Lipinski definition) is 2. The average molecular weight is 287 g/mol. The van der Waals surface area contributed by atoms with Gasteiger partial charge in [-0.1, -0.05) is 27.7 Å². The number of aliphatic hydroxyl groups excluding tert-OH is 1. The van der Waals surface area contributed by atoms with Gasteiger partial charge in [-0.25, -0.2) is 13.1 Å². The van der Waals surface area contributed by atoms with E-state index in [1.807, 2.05) is 0 Å². The Balaban J connectivity index is 2.04. The smallest absolute Gasteiger partial charge is 0.273 e. The summed E-state index contributed by atoms with van der Waals surface area (Å²) in [7, 11) is -3.63. The number of rotatable bonds is 5. The van der Waals surface area contributed by atoms with Crippen molar-refractivity contribution in [1.29, 1.82) is 0 Å². The summed E-state index contributed by atoms with van der Waals surface area (Å²) >= 11 is 0. The Morgan fingerprint density at radius 3 is 2.26 bits per heavy atom. The van der Waals surface area contributed by atoms with E-state index in [0.717, 1.165) is 0 Å². The molecule has 0 aromatic carbocycles. The molecule has 1 saturated carbocycles. The average Bonchev–Trinajstić information content (AvgIpc) is 2.72. The summed E-state index contributed by atoms with van der Waals surface area (Å²) in [6.07, 6.45) is 0. The fraction of sp³-hybridized carbons (Fsp3) is 0.692. The topological polar surface area (TPSA) is 79.5 Å². The van der Waals surface area contributed by atoms with Gasteiger partial charge in [0.05, 0.1) is 0 Å². The molecule has 108 valence electrons. The maximum absolute atomic E-state index is 12.0. The molecule has 0 radical (unpaired) electrons. The minimum absolute atomic E-state index is 0.134. The fourth-order valence-electron chi connectivity index (χ4n) is 2.70. The fourth-order valence-corrected chi connectivity index (χ4v) is 3.69. The third-order valence-corrected chi connectivity index (χ3v) is 6.15. The van der Waals surface area contributed by atoms with Crippen LogP contribution in [0.1, 0.15) is 33.5 Å². The van der Waals surface area contributed by atoms with E-state index in [9.17, 15) is 8.42 Å². The van der Waals surface area contributed by atoms with Gasteiger partial charge in [0, 0.05) is 6.54 Å². The van der Waals surface area contributed by atoms with Gasteiger partial charge in [0.15, 0.2) is 0 Å². The van der Waals surface area contributed by atoms with Gasteiger partial charge in [0.1, 0.15) is 12.4 Å². The van der Waals surface area contributed by atoms with Crippen molar-refractivity contribution in [1.82, 2.24) is 4.72 Å². The largest absolute Gasteiger partial charge is 0.446 e. The van der Waals surface area contributed by atoms with Crippen LogP contribution in [0.25, 0.3) is 0 Å². The van der Waals surface area contributed by atoms with Gasteiger partial charge < -0.3 is 9.52 Å². The van der Waals surface area contributed by atoms with Crippen molar-refractivity contribution in [3.8, 4) is 0 Å². The van der Waals surface area contributed by atoms with E-state index in [4.69, 9.17) is 9.52 Å². The molecule has 2 rings (SSSR count). The van der Waals surface area contributed by atoms with E-state index in [2.05, 4.69) is 32.4 Å². The summed E-state index contributed by atoms with van der Waals surface area (Å²) in [5, 5.41) is 8.73. The van der Waals surface area contributed by atoms with Crippen molar-refractivity contribution in [2.45, 2.75) is 39.4 Å². The molecule has 1 aromatic rings. The molecule has 0 spiro atoms. The summed E-state index contributed by atoms with van der Waals surface area (Å²) < 4.78 is 31.7. The van der Waals surface area contributed by atoms with Crippen LogP contribution in [-0.4, -0.2) is 20.1 Å². The first kappa shape index (κ1) is 14.6. The number of sulfonamides is 1. The molecule has 1 aliphatic rings. The third-order valence-electron chi connectivity index (χ3n) is 4.85. The van der Waals surface area contributed by atoms with Crippen molar-refractivity contribution in [3.63, 3.8) is 0 Å². The second-order valence-electron chi connectivity index (χ2n) is 6.23. The van der Waals surface area contributed by atoms with Crippen molar-refractivity contribution >= 4 is 10.0 Å². The van der Waals surface area contributed by atoms with Crippen molar-refractivity contribution in [2.75, 3.05) is 6.54 Å². The van der Waals surface area contributed by atoms with Crippen LogP contribution in [0.3, 0.4) is 0 Å². The van der Waals surface area contributed by atoms with E-state index in [1.165, 1.54) is 12.1 Å². The van der Waals surface area contributed by atoms with Crippen LogP contribution in [0.4, 0.5) is 0 Å². The van der Waals surface area contributed by atoms with Crippen molar-refractivity contribution in [2.24, 2.45) is 16.7 Å². The highest BCUT2D eigenvalue weighted by molar-refractivity contribution is 7.89. The van der Waals surface area contributed by atoms with Gasteiger partial charge in [-0.05, 0) is 28.9 Å². The number of nitrogens with one attached hydrogen (secondary N) is 1. The Morgan fingerprint density at radius 2 is 1.84 bits per heavy atom. The minimum Gasteiger partial charge on any atom is -0.446 e. The Labute approximate surface area is 114 Å². The molecular formula is C13H21NO4S. The molecule has 5 nitrogen and oxygen atoms in total. The van der Waals surface area contributed by atoms with Crippen LogP contribution in [0, 0.1) is 16.7 Å². The second kappa shape index (κ2) is 4.33. The zero-order chi connectivity index (χ0) is 14.5. The lowest BCUT2D eigenvalue weighted by Crippen LogP contribution is -2.27. The maximum Gasteiger partial charge on any atom is 0.273 e. The summed E-state index contributed by atoms with van der Waals surface area (Å²) in [4.78, 5) is 0. The van der Waals surface area contributed by atoms with Gasteiger partial charge in [-0.2, -0.15) is 0 Å². The molecule has 0 atom stereocenters. The van der Waals surface area contributed by atoms with E-state index in [0.29, 0.717) is 12.5 Å². The molecule has 6 heteroatoms. The molecule has 0 unspecified atom stereocenters. The highest BCUT2D eigenvalue weighted by Gasteiger charge is 2.64. The van der Waals surface area contributed by atoms with E-state index in [1.54, 1.807) is 0 Å². The monoisotopic (exact) mass is 287 g/mol. The first-order valence-electron chi connectivity index (χ1n) is 6.32. The number of aliphatic hydroxyl groups is 1. The molecule has 0 amide bonds. The molecule has 1 aromatic heterocycles. The zero-order valence-electron chi connectivity index (χ0n) is 11.7. The lowest BCUT2D eigenvalue weighted by atomic mass is 10.0. The van der Waals surface area contributed by atoms with E-state index >= 15 is 0 Å². The zero-order valence-corrected chi connectivity index (χ0v) is 12.5. The summed E-state index contributed by atoms with van der Waals surface area (Å²) in [5.41, 5.74) is 0.268. The lowest BCUT2D eigenvalue weighted by Gasteiger charge is -2.05. The first-order chi connectivity index (χ1) is 8.63. The third kappa shape index (κ3) is 2.32. The molecule has 1 fully saturated rings. The van der Waals surface area contributed by atoms with Crippen LogP contribution in [0.2, 0.25) is 0 Å². The minimum atomic E-state index is -3.63. The maximum atomic E-state index is 12.0. The van der Waals surface area contributed by atoms with E-state index < -0.39 is 10.0 Å². The predicted molar refractivity (Wildman–Crippen MR) is 70.9 cm³/mol. The van der Waals surface area contributed by atoms with Crippen LogP contribution < -0.4 is 4.72 Å². The van der Waals surface area contributed by atoms with Gasteiger partial charge in [0.25, 0.3) is 10.0 Å². The quantitative estimate of drug-likeness (QED) is 0.864. The van der Waals surface area contributed by atoms with Crippen LogP contribution in [0.5, 0.6) is 0 Å². The summed E-state index contributed by atoms with van der Waals surface area (Å²) in [6, 6.07) is 2.82. The first-order valence-corrected chi connectivity index (χ1v) is 7.80. The SMILES string of the molecule is CC1(C)C(CNS(=O)(=O)c2ccc(CO)o2)C1(C)C. The summed E-state index contributed by atoms with van der Waals surface area (Å²) in [6.45, 7) is 8.66. The Hall–Kier alpha value is -0.850. The van der Waals surface area contributed by atoms with Gasteiger partial charge in [-0.15, -0.1) is 0 Å². The van der Waals surface area contributed by atoms with Crippen molar-refractivity contribution in [3.05, 3.63) is 17.9 Å². The van der Waals surface area contributed by atoms with Gasteiger partial charge in [-0.3, -0.25) is 0 Å². The Morgan fingerprint density at radius 1 is 1.26 bits per heavy atom. The van der Waals surface area contributed by atoms with Crippen LogP contribution in [-0.2, 0) is 16.6 Å². The molecule has 2 N–H and O–H groups in total. The number of furan rings is 1. The van der Waals surface area contributed by atoms with Gasteiger partial charge in [0.2, 0.25) is 5.09 Å². The Kier molecular flexibility index (Phi) is 3.32. The standard InChI is InChI=1S/C13H21NO4S/c1-12(2)10(13(12,3)4)7-14-19(16,17)11-6-5-9(8-15)18-11/h5-6,10,14-15H,7-8H2,1-4H3. The normalized spacial score (nSPS) is 21.5. The Bertz CT molecular complexity index is 557. The molecule has 19 heavy (non-hydrogen) atoms. The molecule has 0 bridgehead atoms. The van der Waals surface area contributed by atoms with Crippen molar-refractivity contribution < 1.29 is 17.9 Å². The highest BCUT2D eigenvalue weighted by Crippen LogP contribution is 2.67. The molecular weight excluding hydrogens is 266 g/mol. The predicted octanol–water partition coefficient (Wildman–Crippen LogP) is 1.73. The molecule has 0 saturated heterocycles. The van der Waals surface area contributed by atoms with Crippen LogP contribution in [0.15, 0.2) is 21.6 Å². The van der Waals surface area contributed by atoms with Gasteiger partial charge >= 0.3 is 0 Å². The molecule has 1 aliphatic carbocycles. The highest BCUT2D eigenvalue weighted by atomic mass is 32.2. The second-order valence-corrected chi connectivity index (χ2v) is 7.92. The molecule has 0 aliphatic heterocycles. The van der Waals surface area contributed by atoms with E-state index in [-0.39, 0.29) is 28.3 Å². The molecule has 1 heterocycles. The number of hydrogen-bond acceptors (Lipinski definition) is 4.